The molecule has 0 atom stereocenters. The zero-order valence-corrected chi connectivity index (χ0v) is 12.1. The maximum absolute atomic E-state index is 11.8. The molecular formula is C15H17N3O3. The first kappa shape index (κ1) is 14.8. The fourth-order valence-electron chi connectivity index (χ4n) is 1.73. The monoisotopic (exact) mass is 287 g/mol. The van der Waals surface area contributed by atoms with Gasteiger partial charge in [-0.1, -0.05) is 30.3 Å². The zero-order valence-electron chi connectivity index (χ0n) is 12.1. The van der Waals surface area contributed by atoms with Crippen molar-refractivity contribution in [2.75, 3.05) is 5.32 Å². The van der Waals surface area contributed by atoms with Crippen LogP contribution in [0, 0.1) is 0 Å². The zero-order chi connectivity index (χ0) is 15.5. The Hall–Kier alpha value is -2.63. The summed E-state index contributed by atoms with van der Waals surface area (Å²) in [6.45, 7) is 5.29. The fourth-order valence-corrected chi connectivity index (χ4v) is 1.73. The average Bonchev–Trinajstić information content (AvgIpc) is 2.37. The van der Waals surface area contributed by atoms with Crippen molar-refractivity contribution in [3.05, 3.63) is 46.8 Å². The summed E-state index contributed by atoms with van der Waals surface area (Å²) < 4.78 is 5.18. The summed E-state index contributed by atoms with van der Waals surface area (Å²) in [6.07, 6.45) is -0.632. The van der Waals surface area contributed by atoms with Crippen LogP contribution in [-0.4, -0.2) is 21.9 Å². The molecule has 0 saturated carbocycles. The van der Waals surface area contributed by atoms with E-state index in [0.29, 0.717) is 11.4 Å². The first-order chi connectivity index (χ1) is 9.85. The summed E-state index contributed by atoms with van der Waals surface area (Å²) in [7, 11) is 0. The van der Waals surface area contributed by atoms with Crippen LogP contribution < -0.4 is 10.9 Å². The number of nitrogens with zero attached hydrogens (tertiary/aromatic N) is 1. The molecule has 0 bridgehead atoms. The van der Waals surface area contributed by atoms with Gasteiger partial charge in [0.1, 0.15) is 11.3 Å². The molecule has 2 aromatic rings. The summed E-state index contributed by atoms with van der Waals surface area (Å²) >= 11 is 0. The van der Waals surface area contributed by atoms with Crippen LogP contribution in [0.1, 0.15) is 20.8 Å². The summed E-state index contributed by atoms with van der Waals surface area (Å²) in [5.41, 5.74) is 0.534. The summed E-state index contributed by atoms with van der Waals surface area (Å²) in [6, 6.07) is 10.5. The van der Waals surface area contributed by atoms with Crippen molar-refractivity contribution in [3.8, 4) is 11.3 Å². The summed E-state index contributed by atoms with van der Waals surface area (Å²) in [5, 5.41) is 8.92. The van der Waals surface area contributed by atoms with Gasteiger partial charge in [0.25, 0.3) is 5.56 Å². The molecule has 6 heteroatoms. The number of benzene rings is 1. The van der Waals surface area contributed by atoms with E-state index in [0.717, 1.165) is 5.56 Å². The van der Waals surface area contributed by atoms with E-state index < -0.39 is 17.3 Å². The highest BCUT2D eigenvalue weighted by Crippen LogP contribution is 2.23. The molecule has 0 aliphatic carbocycles. The van der Waals surface area contributed by atoms with Crippen molar-refractivity contribution in [1.82, 2.24) is 10.2 Å². The molecule has 1 aromatic carbocycles. The Labute approximate surface area is 122 Å². The number of hydrogen-bond donors (Lipinski definition) is 2. The van der Waals surface area contributed by atoms with Gasteiger partial charge in [0.05, 0.1) is 5.69 Å². The number of rotatable bonds is 2. The first-order valence-corrected chi connectivity index (χ1v) is 6.50. The second-order valence-electron chi connectivity index (χ2n) is 5.49. The second-order valence-corrected chi connectivity index (χ2v) is 5.49. The lowest BCUT2D eigenvalue weighted by Gasteiger charge is -2.20. The van der Waals surface area contributed by atoms with Gasteiger partial charge in [-0.3, -0.25) is 10.1 Å². The van der Waals surface area contributed by atoms with Crippen LogP contribution in [-0.2, 0) is 4.74 Å². The van der Waals surface area contributed by atoms with Crippen LogP contribution >= 0.6 is 0 Å². The average molecular weight is 287 g/mol. The smallest absolute Gasteiger partial charge is 0.412 e. The van der Waals surface area contributed by atoms with Crippen molar-refractivity contribution in [1.29, 1.82) is 0 Å². The van der Waals surface area contributed by atoms with Gasteiger partial charge in [0.15, 0.2) is 0 Å². The Morgan fingerprint density at radius 2 is 1.90 bits per heavy atom. The molecule has 0 saturated heterocycles. The van der Waals surface area contributed by atoms with E-state index in [4.69, 9.17) is 4.74 Å². The first-order valence-electron chi connectivity index (χ1n) is 6.50. The van der Waals surface area contributed by atoms with Crippen LogP contribution in [0.2, 0.25) is 0 Å². The minimum absolute atomic E-state index is 0.305. The Kier molecular flexibility index (Phi) is 4.07. The predicted molar refractivity (Wildman–Crippen MR) is 80.2 cm³/mol. The van der Waals surface area contributed by atoms with Gasteiger partial charge in [0.2, 0.25) is 0 Å². The minimum atomic E-state index is -0.632. The van der Waals surface area contributed by atoms with E-state index in [2.05, 4.69) is 15.5 Å². The van der Waals surface area contributed by atoms with Gasteiger partial charge < -0.3 is 4.74 Å². The van der Waals surface area contributed by atoms with E-state index >= 15 is 0 Å². The van der Waals surface area contributed by atoms with Crippen molar-refractivity contribution in [2.45, 2.75) is 26.4 Å². The number of carbonyl (C=O) groups excluding carboxylic acids is 1. The molecule has 1 heterocycles. The van der Waals surface area contributed by atoms with E-state index in [9.17, 15) is 9.59 Å². The van der Waals surface area contributed by atoms with E-state index in [-0.39, 0.29) is 0 Å². The van der Waals surface area contributed by atoms with Crippen molar-refractivity contribution in [2.24, 2.45) is 0 Å². The topological polar surface area (TPSA) is 84.1 Å². The third kappa shape index (κ3) is 4.17. The van der Waals surface area contributed by atoms with Gasteiger partial charge in [-0.25, -0.2) is 9.89 Å². The Morgan fingerprint density at radius 1 is 1.24 bits per heavy atom. The lowest BCUT2D eigenvalue weighted by Crippen LogP contribution is -2.28. The number of hydrogen-bond acceptors (Lipinski definition) is 4. The standard InChI is InChI=1S/C15H17N3O3/c1-15(2,3)21-14(20)16-11-9-12(19)17-18-13(11)10-7-5-4-6-8-10/h4-9H,1-3H3,(H2,16,17,19,20). The van der Waals surface area contributed by atoms with Crippen molar-refractivity contribution < 1.29 is 9.53 Å². The van der Waals surface area contributed by atoms with Crippen LogP contribution in [0.3, 0.4) is 0 Å². The maximum atomic E-state index is 11.8. The van der Waals surface area contributed by atoms with Gasteiger partial charge in [-0.15, -0.1) is 0 Å². The molecule has 2 N–H and O–H groups in total. The molecule has 0 aliphatic rings. The normalized spacial score (nSPS) is 11.0. The molecule has 0 radical (unpaired) electrons. The molecule has 0 unspecified atom stereocenters. The van der Waals surface area contributed by atoms with Crippen LogP contribution in [0.4, 0.5) is 10.5 Å². The molecule has 0 fully saturated rings. The lowest BCUT2D eigenvalue weighted by atomic mass is 10.1. The van der Waals surface area contributed by atoms with Crippen LogP contribution in [0.15, 0.2) is 41.2 Å². The third-order valence-electron chi connectivity index (χ3n) is 2.49. The highest BCUT2D eigenvalue weighted by Gasteiger charge is 2.18. The number of H-pyrrole nitrogens is 1. The molecule has 6 nitrogen and oxygen atoms in total. The molecule has 1 amide bonds. The number of anilines is 1. The highest BCUT2D eigenvalue weighted by molar-refractivity contribution is 5.90. The summed E-state index contributed by atoms with van der Waals surface area (Å²) in [4.78, 5) is 23.3. The van der Waals surface area contributed by atoms with Gasteiger partial charge in [0, 0.05) is 11.6 Å². The Balaban J connectivity index is 2.33. The second kappa shape index (κ2) is 5.78. The number of ether oxygens (including phenoxy) is 1. The number of nitrogens with one attached hydrogen (secondary N) is 2. The fraction of sp³-hybridized carbons (Fsp3) is 0.267. The molecule has 0 aliphatic heterocycles. The SMILES string of the molecule is CC(C)(C)OC(=O)Nc1cc(=O)[nH]nc1-c1ccccc1. The molecule has 110 valence electrons. The van der Waals surface area contributed by atoms with Crippen molar-refractivity contribution >= 4 is 11.8 Å². The van der Waals surface area contributed by atoms with Gasteiger partial charge in [-0.05, 0) is 20.8 Å². The minimum Gasteiger partial charge on any atom is -0.444 e. The highest BCUT2D eigenvalue weighted by atomic mass is 16.6. The molecule has 21 heavy (non-hydrogen) atoms. The number of amides is 1. The van der Waals surface area contributed by atoms with E-state index in [1.165, 1.54) is 6.07 Å². The van der Waals surface area contributed by atoms with Crippen LogP contribution in [0.5, 0.6) is 0 Å². The largest absolute Gasteiger partial charge is 0.444 e. The molecular weight excluding hydrogens is 270 g/mol. The molecule has 1 aromatic heterocycles. The number of aromatic amines is 1. The van der Waals surface area contributed by atoms with E-state index in [1.54, 1.807) is 20.8 Å². The number of carbonyl (C=O) groups is 1. The van der Waals surface area contributed by atoms with Gasteiger partial charge >= 0.3 is 6.09 Å². The molecule has 2 rings (SSSR count). The number of aromatic nitrogens is 2. The summed E-state index contributed by atoms with van der Waals surface area (Å²) in [5.74, 6) is 0. The Morgan fingerprint density at radius 3 is 2.52 bits per heavy atom. The quantitative estimate of drug-likeness (QED) is 0.889. The lowest BCUT2D eigenvalue weighted by molar-refractivity contribution is 0.0636. The predicted octanol–water partition coefficient (Wildman–Crippen LogP) is 2.78. The van der Waals surface area contributed by atoms with Crippen molar-refractivity contribution in [3.63, 3.8) is 0 Å². The molecule has 0 spiro atoms. The third-order valence-corrected chi connectivity index (χ3v) is 2.49. The maximum Gasteiger partial charge on any atom is 0.412 e. The van der Waals surface area contributed by atoms with Crippen LogP contribution in [0.25, 0.3) is 11.3 Å². The Bertz CT molecular complexity index is 687. The van der Waals surface area contributed by atoms with E-state index in [1.807, 2.05) is 30.3 Å². The van der Waals surface area contributed by atoms with Gasteiger partial charge in [-0.2, -0.15) is 5.10 Å².